The van der Waals surface area contributed by atoms with Crippen LogP contribution in [0.5, 0.6) is 0 Å². The summed E-state index contributed by atoms with van der Waals surface area (Å²) < 4.78 is 12.8. The summed E-state index contributed by atoms with van der Waals surface area (Å²) in [5.74, 6) is 1.09. The Labute approximate surface area is 75.6 Å². The lowest BCUT2D eigenvalue weighted by Gasteiger charge is -2.14. The first-order valence-electron chi connectivity index (χ1n) is 4.22. The van der Waals surface area contributed by atoms with Gasteiger partial charge in [-0.15, -0.1) is 0 Å². The van der Waals surface area contributed by atoms with Gasteiger partial charge in [-0.05, 0) is 6.42 Å². The van der Waals surface area contributed by atoms with Crippen molar-refractivity contribution in [1.29, 1.82) is 0 Å². The van der Waals surface area contributed by atoms with Gasteiger partial charge < -0.3 is 10.6 Å². The molecule has 13 heavy (non-hydrogen) atoms. The molecule has 0 radical (unpaired) electrons. The second-order valence-corrected chi connectivity index (χ2v) is 3.13. The average molecular weight is 182 g/mol. The molecule has 2 N–H and O–H groups in total. The second-order valence-electron chi connectivity index (χ2n) is 3.13. The van der Waals surface area contributed by atoms with Crippen molar-refractivity contribution in [3.63, 3.8) is 0 Å². The van der Waals surface area contributed by atoms with Crippen molar-refractivity contribution in [2.45, 2.75) is 12.6 Å². The van der Waals surface area contributed by atoms with Gasteiger partial charge in [0.2, 0.25) is 0 Å². The smallest absolute Gasteiger partial charge is 0.147 e. The van der Waals surface area contributed by atoms with E-state index >= 15 is 0 Å². The quantitative estimate of drug-likeness (QED) is 0.691. The van der Waals surface area contributed by atoms with Crippen LogP contribution in [0.15, 0.2) is 12.4 Å². The first-order chi connectivity index (χ1) is 6.25. The zero-order valence-electron chi connectivity index (χ0n) is 7.15. The van der Waals surface area contributed by atoms with Gasteiger partial charge in [0, 0.05) is 6.54 Å². The van der Waals surface area contributed by atoms with Crippen LogP contribution in [0.4, 0.5) is 16.0 Å². The van der Waals surface area contributed by atoms with Crippen LogP contribution in [-0.4, -0.2) is 29.2 Å². The predicted octanol–water partition coefficient (Wildman–Crippen LogP) is 0.607. The predicted molar refractivity (Wildman–Crippen MR) is 48.2 cm³/mol. The van der Waals surface area contributed by atoms with E-state index in [-0.39, 0.29) is 0 Å². The third-order valence-corrected chi connectivity index (χ3v) is 2.11. The molecule has 0 unspecified atom stereocenters. The molecule has 1 saturated heterocycles. The molecule has 0 amide bonds. The van der Waals surface area contributed by atoms with Crippen molar-refractivity contribution in [3.05, 3.63) is 12.4 Å². The first-order valence-corrected chi connectivity index (χ1v) is 4.22. The van der Waals surface area contributed by atoms with E-state index in [0.29, 0.717) is 31.1 Å². The van der Waals surface area contributed by atoms with Crippen LogP contribution in [-0.2, 0) is 0 Å². The SMILES string of the molecule is Nc1cnc(N2CC[C@@H](F)C2)cn1. The highest BCUT2D eigenvalue weighted by molar-refractivity contribution is 5.40. The topological polar surface area (TPSA) is 55.0 Å². The normalized spacial score (nSPS) is 22.2. The molecule has 0 bridgehead atoms. The molecule has 0 spiro atoms. The van der Waals surface area contributed by atoms with Crippen LogP contribution < -0.4 is 10.6 Å². The molecule has 1 aromatic heterocycles. The number of nitrogens with zero attached hydrogens (tertiary/aromatic N) is 3. The van der Waals surface area contributed by atoms with Gasteiger partial charge in [-0.25, -0.2) is 14.4 Å². The number of anilines is 2. The van der Waals surface area contributed by atoms with E-state index < -0.39 is 6.17 Å². The molecule has 1 aliphatic heterocycles. The Balaban J connectivity index is 2.13. The fraction of sp³-hybridized carbons (Fsp3) is 0.500. The Kier molecular flexibility index (Phi) is 2.00. The molecule has 5 heteroatoms. The molecular formula is C8H11FN4. The number of hydrogen-bond donors (Lipinski definition) is 1. The number of nitrogen functional groups attached to an aromatic ring is 1. The van der Waals surface area contributed by atoms with Crippen molar-refractivity contribution < 1.29 is 4.39 Å². The van der Waals surface area contributed by atoms with Crippen molar-refractivity contribution in [2.75, 3.05) is 23.7 Å². The van der Waals surface area contributed by atoms with Gasteiger partial charge in [0.05, 0.1) is 18.9 Å². The minimum atomic E-state index is -0.737. The first kappa shape index (κ1) is 8.22. The number of aromatic nitrogens is 2. The van der Waals surface area contributed by atoms with Gasteiger partial charge in [0.1, 0.15) is 17.8 Å². The summed E-state index contributed by atoms with van der Waals surface area (Å²) in [6, 6.07) is 0. The highest BCUT2D eigenvalue weighted by Gasteiger charge is 2.22. The Morgan fingerprint density at radius 2 is 2.31 bits per heavy atom. The maximum absolute atomic E-state index is 12.8. The number of alkyl halides is 1. The number of rotatable bonds is 1. The van der Waals surface area contributed by atoms with E-state index in [1.807, 2.05) is 4.90 Å². The van der Waals surface area contributed by atoms with Crippen molar-refractivity contribution >= 4 is 11.6 Å². The lowest BCUT2D eigenvalue weighted by molar-refractivity contribution is 0.364. The van der Waals surface area contributed by atoms with E-state index in [0.717, 1.165) is 0 Å². The molecule has 1 aromatic rings. The zero-order valence-corrected chi connectivity index (χ0v) is 7.15. The van der Waals surface area contributed by atoms with Crippen molar-refractivity contribution in [2.24, 2.45) is 0 Å². The van der Waals surface area contributed by atoms with Gasteiger partial charge in [0.15, 0.2) is 0 Å². The maximum atomic E-state index is 12.8. The van der Waals surface area contributed by atoms with Gasteiger partial charge in [-0.3, -0.25) is 0 Å². The van der Waals surface area contributed by atoms with E-state index in [2.05, 4.69) is 9.97 Å². The molecule has 4 nitrogen and oxygen atoms in total. The van der Waals surface area contributed by atoms with Gasteiger partial charge in [-0.1, -0.05) is 0 Å². The van der Waals surface area contributed by atoms with Crippen LogP contribution >= 0.6 is 0 Å². The highest BCUT2D eigenvalue weighted by Crippen LogP contribution is 2.18. The minimum absolute atomic E-state index is 0.389. The van der Waals surface area contributed by atoms with E-state index in [1.54, 1.807) is 6.20 Å². The third-order valence-electron chi connectivity index (χ3n) is 2.11. The summed E-state index contributed by atoms with van der Waals surface area (Å²) in [6.07, 6.45) is 2.90. The number of halogens is 1. The average Bonchev–Trinajstić information content (AvgIpc) is 2.53. The second kappa shape index (κ2) is 3.16. The summed E-state index contributed by atoms with van der Waals surface area (Å²) >= 11 is 0. The monoisotopic (exact) mass is 182 g/mol. The maximum Gasteiger partial charge on any atom is 0.147 e. The Morgan fingerprint density at radius 1 is 1.46 bits per heavy atom. The summed E-state index contributed by atoms with van der Waals surface area (Å²) in [7, 11) is 0. The van der Waals surface area contributed by atoms with Crippen molar-refractivity contribution in [3.8, 4) is 0 Å². The molecule has 2 heterocycles. The highest BCUT2D eigenvalue weighted by atomic mass is 19.1. The van der Waals surface area contributed by atoms with Crippen LogP contribution in [0.3, 0.4) is 0 Å². The fourth-order valence-electron chi connectivity index (χ4n) is 1.42. The lowest BCUT2D eigenvalue weighted by atomic mass is 10.3. The molecule has 1 aliphatic rings. The van der Waals surface area contributed by atoms with Crippen molar-refractivity contribution in [1.82, 2.24) is 9.97 Å². The third kappa shape index (κ3) is 1.68. The van der Waals surface area contributed by atoms with E-state index in [9.17, 15) is 4.39 Å². The van der Waals surface area contributed by atoms with E-state index in [4.69, 9.17) is 5.73 Å². The Morgan fingerprint density at radius 3 is 2.85 bits per heavy atom. The standard InChI is InChI=1S/C8H11FN4/c9-6-1-2-13(5-6)8-4-11-7(10)3-12-8/h3-4,6H,1-2,5H2,(H2,10,11)/t6-/m1/s1. The minimum Gasteiger partial charge on any atom is -0.382 e. The van der Waals surface area contributed by atoms with Gasteiger partial charge in [-0.2, -0.15) is 0 Å². The number of hydrogen-bond acceptors (Lipinski definition) is 4. The van der Waals surface area contributed by atoms with Crippen LogP contribution in [0.25, 0.3) is 0 Å². The summed E-state index contributed by atoms with van der Waals surface area (Å²) in [4.78, 5) is 9.84. The Hall–Kier alpha value is -1.39. The summed E-state index contributed by atoms with van der Waals surface area (Å²) in [5, 5.41) is 0. The molecule has 0 saturated carbocycles. The summed E-state index contributed by atoms with van der Waals surface area (Å²) in [6.45, 7) is 1.12. The molecular weight excluding hydrogens is 171 g/mol. The molecule has 0 aromatic carbocycles. The fourth-order valence-corrected chi connectivity index (χ4v) is 1.42. The van der Waals surface area contributed by atoms with Gasteiger partial charge in [0.25, 0.3) is 0 Å². The molecule has 1 atom stereocenters. The summed E-state index contributed by atoms with van der Waals surface area (Å²) in [5.41, 5.74) is 5.39. The zero-order chi connectivity index (χ0) is 9.26. The van der Waals surface area contributed by atoms with Crippen LogP contribution in [0, 0.1) is 0 Å². The van der Waals surface area contributed by atoms with Crippen LogP contribution in [0.1, 0.15) is 6.42 Å². The lowest BCUT2D eigenvalue weighted by Crippen LogP contribution is -2.21. The molecule has 70 valence electrons. The number of nitrogens with two attached hydrogens (primary N) is 1. The molecule has 2 rings (SSSR count). The molecule has 1 fully saturated rings. The van der Waals surface area contributed by atoms with E-state index in [1.165, 1.54) is 6.20 Å². The largest absolute Gasteiger partial charge is 0.382 e. The van der Waals surface area contributed by atoms with Gasteiger partial charge >= 0.3 is 0 Å². The Bertz CT molecular complexity index is 287. The van der Waals surface area contributed by atoms with Crippen LogP contribution in [0.2, 0.25) is 0 Å². The molecule has 0 aliphatic carbocycles.